The van der Waals surface area contributed by atoms with Crippen molar-refractivity contribution in [2.75, 3.05) is 13.2 Å². The van der Waals surface area contributed by atoms with Gasteiger partial charge in [-0.15, -0.1) is 0 Å². The lowest BCUT2D eigenvalue weighted by atomic mass is 10.2. The molecule has 0 radical (unpaired) electrons. The van der Waals surface area contributed by atoms with Crippen LogP contribution in [-0.4, -0.2) is 35.9 Å². The zero-order valence-corrected chi connectivity index (χ0v) is 13.3. The number of ether oxygens (including phenoxy) is 1. The van der Waals surface area contributed by atoms with Gasteiger partial charge in [0.05, 0.1) is 6.61 Å². The van der Waals surface area contributed by atoms with Gasteiger partial charge in [0.2, 0.25) is 11.8 Å². The highest BCUT2D eigenvalue weighted by Gasteiger charge is 2.26. The maximum atomic E-state index is 12.0. The minimum absolute atomic E-state index is 0.0333. The first-order chi connectivity index (χ1) is 10.6. The highest BCUT2D eigenvalue weighted by molar-refractivity contribution is 5.80. The molecule has 120 valence electrons. The third kappa shape index (κ3) is 4.48. The topological polar surface area (TPSA) is 58.6 Å². The van der Waals surface area contributed by atoms with Crippen molar-refractivity contribution >= 4 is 11.8 Å². The number of carbonyl (C=O) groups excluding carboxylic acids is 2. The first-order valence-corrected chi connectivity index (χ1v) is 7.88. The van der Waals surface area contributed by atoms with E-state index in [9.17, 15) is 9.59 Å². The molecule has 2 rings (SSSR count). The van der Waals surface area contributed by atoms with Gasteiger partial charge >= 0.3 is 0 Å². The van der Waals surface area contributed by atoms with Crippen molar-refractivity contribution in [1.82, 2.24) is 10.2 Å². The van der Waals surface area contributed by atoms with Gasteiger partial charge in [0.1, 0.15) is 5.75 Å². The average molecular weight is 304 g/mol. The fraction of sp³-hybridized carbons (Fsp3) is 0.529. The molecule has 1 atom stereocenters. The van der Waals surface area contributed by atoms with Gasteiger partial charge in [-0.2, -0.15) is 0 Å². The van der Waals surface area contributed by atoms with Crippen molar-refractivity contribution in [1.29, 1.82) is 0 Å². The van der Waals surface area contributed by atoms with Gasteiger partial charge in [-0.3, -0.25) is 9.59 Å². The van der Waals surface area contributed by atoms with E-state index in [-0.39, 0.29) is 17.9 Å². The third-order valence-corrected chi connectivity index (χ3v) is 3.82. The maximum Gasteiger partial charge on any atom is 0.222 e. The number of benzene rings is 1. The van der Waals surface area contributed by atoms with Crippen LogP contribution in [-0.2, 0) is 16.1 Å². The molecule has 1 heterocycles. The summed E-state index contributed by atoms with van der Waals surface area (Å²) in [5.74, 6) is 0.934. The van der Waals surface area contributed by atoms with Crippen molar-refractivity contribution in [2.24, 2.45) is 0 Å². The lowest BCUT2D eigenvalue weighted by Gasteiger charge is -2.23. The molecule has 0 aromatic heterocycles. The first kappa shape index (κ1) is 16.3. The molecule has 1 aliphatic rings. The second-order valence-electron chi connectivity index (χ2n) is 5.60. The van der Waals surface area contributed by atoms with Crippen LogP contribution in [0.4, 0.5) is 0 Å². The van der Waals surface area contributed by atoms with E-state index in [4.69, 9.17) is 4.74 Å². The van der Waals surface area contributed by atoms with E-state index >= 15 is 0 Å². The number of likely N-dealkylation sites (tertiary alicyclic amines) is 1. The SMILES string of the molecule is CCOc1cccc(CNC(=O)CC(C)N2CCCC2=O)c1. The summed E-state index contributed by atoms with van der Waals surface area (Å²) in [6, 6.07) is 7.66. The highest BCUT2D eigenvalue weighted by Crippen LogP contribution is 2.16. The van der Waals surface area contributed by atoms with Crippen LogP contribution in [0.3, 0.4) is 0 Å². The summed E-state index contributed by atoms with van der Waals surface area (Å²) in [4.78, 5) is 25.5. The number of nitrogens with zero attached hydrogens (tertiary/aromatic N) is 1. The number of amides is 2. The fourth-order valence-corrected chi connectivity index (χ4v) is 2.70. The summed E-state index contributed by atoms with van der Waals surface area (Å²) in [7, 11) is 0. The van der Waals surface area contributed by atoms with Crippen molar-refractivity contribution < 1.29 is 14.3 Å². The Hall–Kier alpha value is -2.04. The fourth-order valence-electron chi connectivity index (χ4n) is 2.70. The Morgan fingerprint density at radius 1 is 1.45 bits per heavy atom. The Bertz CT molecular complexity index is 530. The monoisotopic (exact) mass is 304 g/mol. The molecule has 2 amide bonds. The second-order valence-corrected chi connectivity index (χ2v) is 5.60. The summed E-state index contributed by atoms with van der Waals surface area (Å²) >= 11 is 0. The quantitative estimate of drug-likeness (QED) is 0.839. The van der Waals surface area contributed by atoms with Crippen LogP contribution in [0.5, 0.6) is 5.75 Å². The smallest absolute Gasteiger partial charge is 0.222 e. The second kappa shape index (κ2) is 7.82. The molecule has 1 aromatic carbocycles. The predicted molar refractivity (Wildman–Crippen MR) is 84.5 cm³/mol. The molecule has 0 spiro atoms. The van der Waals surface area contributed by atoms with Crippen LogP contribution in [0.15, 0.2) is 24.3 Å². The predicted octanol–water partition coefficient (Wildman–Crippen LogP) is 2.10. The Morgan fingerprint density at radius 3 is 2.95 bits per heavy atom. The number of rotatable bonds is 7. The van der Waals surface area contributed by atoms with E-state index < -0.39 is 0 Å². The normalized spacial score (nSPS) is 15.7. The van der Waals surface area contributed by atoms with Crippen molar-refractivity contribution in [3.63, 3.8) is 0 Å². The highest BCUT2D eigenvalue weighted by atomic mass is 16.5. The molecule has 5 nitrogen and oxygen atoms in total. The number of nitrogens with one attached hydrogen (secondary N) is 1. The molecule has 1 aromatic rings. The van der Waals surface area contributed by atoms with Gasteiger partial charge in [0.25, 0.3) is 0 Å². The van der Waals surface area contributed by atoms with Crippen LogP contribution < -0.4 is 10.1 Å². The average Bonchev–Trinajstić information content (AvgIpc) is 2.92. The van der Waals surface area contributed by atoms with Crippen molar-refractivity contribution in [3.8, 4) is 5.75 Å². The summed E-state index contributed by atoms with van der Waals surface area (Å²) in [5.41, 5.74) is 1.00. The molecule has 0 aliphatic carbocycles. The zero-order chi connectivity index (χ0) is 15.9. The molecule has 1 saturated heterocycles. The van der Waals surface area contributed by atoms with Crippen LogP contribution in [0.1, 0.15) is 38.7 Å². The molecule has 1 N–H and O–H groups in total. The largest absolute Gasteiger partial charge is 0.494 e. The van der Waals surface area contributed by atoms with Crippen LogP contribution in [0.25, 0.3) is 0 Å². The van der Waals surface area contributed by atoms with Crippen molar-refractivity contribution in [2.45, 2.75) is 45.7 Å². The summed E-state index contributed by atoms with van der Waals surface area (Å²) in [6.07, 6.45) is 1.85. The zero-order valence-electron chi connectivity index (χ0n) is 13.3. The lowest BCUT2D eigenvalue weighted by Crippen LogP contribution is -2.38. The van der Waals surface area contributed by atoms with E-state index in [1.165, 1.54) is 0 Å². The molecule has 1 unspecified atom stereocenters. The molecule has 5 heteroatoms. The molecule has 22 heavy (non-hydrogen) atoms. The molecular formula is C17H24N2O3. The van der Waals surface area contributed by atoms with Crippen LogP contribution >= 0.6 is 0 Å². The van der Waals surface area contributed by atoms with Gasteiger partial charge in [-0.25, -0.2) is 0 Å². The Balaban J connectivity index is 1.80. The van der Waals surface area contributed by atoms with Gasteiger partial charge in [-0.1, -0.05) is 12.1 Å². The summed E-state index contributed by atoms with van der Waals surface area (Å²) in [6.45, 7) is 5.73. The van der Waals surface area contributed by atoms with E-state index in [0.717, 1.165) is 24.3 Å². The molecular weight excluding hydrogens is 280 g/mol. The number of hydrogen-bond donors (Lipinski definition) is 1. The van der Waals surface area contributed by atoms with Crippen molar-refractivity contribution in [3.05, 3.63) is 29.8 Å². The van der Waals surface area contributed by atoms with E-state index in [0.29, 0.717) is 26.0 Å². The Morgan fingerprint density at radius 2 is 2.27 bits per heavy atom. The molecule has 1 fully saturated rings. The maximum absolute atomic E-state index is 12.0. The number of hydrogen-bond acceptors (Lipinski definition) is 3. The Kier molecular flexibility index (Phi) is 5.81. The number of carbonyl (C=O) groups is 2. The van der Waals surface area contributed by atoms with E-state index in [1.807, 2.05) is 38.1 Å². The first-order valence-electron chi connectivity index (χ1n) is 7.88. The standard InChI is InChI=1S/C17H24N2O3/c1-3-22-15-7-4-6-14(11-15)12-18-16(20)10-13(2)19-9-5-8-17(19)21/h4,6-7,11,13H,3,5,8-10,12H2,1-2H3,(H,18,20). The lowest BCUT2D eigenvalue weighted by molar-refractivity contribution is -0.130. The summed E-state index contributed by atoms with van der Waals surface area (Å²) < 4.78 is 5.44. The molecule has 1 aliphatic heterocycles. The van der Waals surface area contributed by atoms with E-state index in [2.05, 4.69) is 5.32 Å². The third-order valence-electron chi connectivity index (χ3n) is 3.82. The van der Waals surface area contributed by atoms with Gasteiger partial charge in [-0.05, 0) is 38.0 Å². The molecule has 0 bridgehead atoms. The van der Waals surface area contributed by atoms with Crippen LogP contribution in [0.2, 0.25) is 0 Å². The minimum atomic E-state index is -0.0373. The van der Waals surface area contributed by atoms with Gasteiger partial charge < -0.3 is 15.0 Å². The minimum Gasteiger partial charge on any atom is -0.494 e. The van der Waals surface area contributed by atoms with Crippen LogP contribution in [0, 0.1) is 0 Å². The molecule has 0 saturated carbocycles. The van der Waals surface area contributed by atoms with Gasteiger partial charge in [0, 0.05) is 32.0 Å². The van der Waals surface area contributed by atoms with E-state index in [1.54, 1.807) is 4.90 Å². The summed E-state index contributed by atoms with van der Waals surface area (Å²) in [5, 5.41) is 2.91. The van der Waals surface area contributed by atoms with Gasteiger partial charge in [0.15, 0.2) is 0 Å². The Labute approximate surface area is 131 Å².